The van der Waals surface area contributed by atoms with Crippen LogP contribution in [0.4, 0.5) is 4.39 Å². The number of hydrogen-bond donors (Lipinski definition) is 2. The average Bonchev–Trinajstić information content (AvgIpc) is 2.81. The van der Waals surface area contributed by atoms with Gasteiger partial charge in [-0.3, -0.25) is 4.79 Å². The summed E-state index contributed by atoms with van der Waals surface area (Å²) in [7, 11) is 1.35. The summed E-state index contributed by atoms with van der Waals surface area (Å²) in [6, 6.07) is 6.59. The van der Waals surface area contributed by atoms with E-state index < -0.39 is 29.8 Å². The summed E-state index contributed by atoms with van der Waals surface area (Å²) in [5.74, 6) is -2.09. The number of esters is 1. The van der Waals surface area contributed by atoms with Gasteiger partial charge in [0.1, 0.15) is 18.0 Å². The number of aromatic nitrogens is 1. The van der Waals surface area contributed by atoms with Gasteiger partial charge in [0.2, 0.25) is 0 Å². The summed E-state index contributed by atoms with van der Waals surface area (Å²) in [5, 5.41) is 12.7. The van der Waals surface area contributed by atoms with Crippen LogP contribution in [0.5, 0.6) is 11.5 Å². The number of rotatable bonds is 5. The molecule has 0 radical (unpaired) electrons. The molecule has 0 spiro atoms. The van der Waals surface area contributed by atoms with E-state index in [9.17, 15) is 19.1 Å². The topological polar surface area (TPSA) is 107 Å². The van der Waals surface area contributed by atoms with Gasteiger partial charge >= 0.3 is 5.97 Å². The molecule has 1 fully saturated rings. The molecule has 1 aromatic carbocycles. The third kappa shape index (κ3) is 5.69. The van der Waals surface area contributed by atoms with Crippen molar-refractivity contribution in [3.8, 4) is 11.5 Å². The number of nitrogens with one attached hydrogen (secondary N) is 1. The number of methoxy groups -OCH3 is 1. The second-order valence-corrected chi connectivity index (χ2v) is 7.33. The van der Waals surface area contributed by atoms with E-state index in [1.165, 1.54) is 31.5 Å². The molecule has 1 amide bonds. The number of cyclic esters (lactones) is 1. The fourth-order valence-corrected chi connectivity index (χ4v) is 3.32. The Morgan fingerprint density at radius 3 is 2.77 bits per heavy atom. The second kappa shape index (κ2) is 10.2. The van der Waals surface area contributed by atoms with Gasteiger partial charge in [0.25, 0.3) is 5.91 Å². The minimum absolute atomic E-state index is 0.0952. The summed E-state index contributed by atoms with van der Waals surface area (Å²) in [4.78, 5) is 29.1. The number of carbonyl (C=O) groups is 2. The van der Waals surface area contributed by atoms with Gasteiger partial charge in [0.05, 0.1) is 13.7 Å². The van der Waals surface area contributed by atoms with Crippen molar-refractivity contribution in [2.24, 2.45) is 5.92 Å². The van der Waals surface area contributed by atoms with E-state index in [-0.39, 0.29) is 36.2 Å². The fraction of sp³-hybridized carbons (Fsp3) is 0.409. The van der Waals surface area contributed by atoms with Crippen molar-refractivity contribution in [3.63, 3.8) is 0 Å². The number of amides is 1. The maximum atomic E-state index is 13.1. The molecule has 166 valence electrons. The number of ether oxygens (including phenoxy) is 3. The van der Waals surface area contributed by atoms with Crippen molar-refractivity contribution >= 4 is 11.9 Å². The van der Waals surface area contributed by atoms with Crippen LogP contribution in [0.15, 0.2) is 36.5 Å². The fourth-order valence-electron chi connectivity index (χ4n) is 3.32. The lowest BCUT2D eigenvalue weighted by atomic mass is 9.95. The van der Waals surface area contributed by atoms with Crippen LogP contribution in [0.1, 0.15) is 29.4 Å². The first-order valence-corrected chi connectivity index (χ1v) is 9.94. The third-order valence-electron chi connectivity index (χ3n) is 5.17. The highest BCUT2D eigenvalue weighted by atomic mass is 19.1. The maximum Gasteiger partial charge on any atom is 0.329 e. The predicted octanol–water partition coefficient (Wildman–Crippen LogP) is 2.24. The summed E-state index contributed by atoms with van der Waals surface area (Å²) in [6.07, 6.45) is 1.58. The minimum Gasteiger partial charge on any atom is -0.503 e. The number of pyridine rings is 1. The molecule has 0 saturated carbocycles. The van der Waals surface area contributed by atoms with Gasteiger partial charge in [-0.1, -0.05) is 12.1 Å². The predicted molar refractivity (Wildman–Crippen MR) is 108 cm³/mol. The molecule has 31 heavy (non-hydrogen) atoms. The summed E-state index contributed by atoms with van der Waals surface area (Å²) in [6.45, 7) is 2.34. The van der Waals surface area contributed by atoms with Crippen LogP contribution in [0.2, 0.25) is 0 Å². The molecule has 1 saturated heterocycles. The Hall–Kier alpha value is -3.20. The van der Waals surface area contributed by atoms with E-state index >= 15 is 0 Å². The van der Waals surface area contributed by atoms with Crippen LogP contribution in [-0.4, -0.2) is 54.4 Å². The van der Waals surface area contributed by atoms with Crippen molar-refractivity contribution in [1.82, 2.24) is 10.3 Å². The van der Waals surface area contributed by atoms with Crippen LogP contribution >= 0.6 is 0 Å². The largest absolute Gasteiger partial charge is 0.503 e. The van der Waals surface area contributed by atoms with Crippen molar-refractivity contribution in [2.45, 2.75) is 31.9 Å². The third-order valence-corrected chi connectivity index (χ3v) is 5.17. The normalized spacial score (nSPS) is 21.9. The summed E-state index contributed by atoms with van der Waals surface area (Å²) < 4.78 is 29.4. The highest BCUT2D eigenvalue weighted by Crippen LogP contribution is 2.27. The molecule has 3 atom stereocenters. The molecule has 0 aliphatic carbocycles. The van der Waals surface area contributed by atoms with Crippen LogP contribution in [0.3, 0.4) is 0 Å². The van der Waals surface area contributed by atoms with E-state index in [2.05, 4.69) is 10.3 Å². The van der Waals surface area contributed by atoms with E-state index in [4.69, 9.17) is 14.2 Å². The zero-order chi connectivity index (χ0) is 22.4. The average molecular weight is 432 g/mol. The van der Waals surface area contributed by atoms with Crippen LogP contribution in [0.25, 0.3) is 0 Å². The molecule has 0 unspecified atom stereocenters. The van der Waals surface area contributed by atoms with Crippen LogP contribution in [-0.2, 0) is 20.7 Å². The molecule has 1 aliphatic rings. The second-order valence-electron chi connectivity index (χ2n) is 7.33. The molecule has 3 rings (SSSR count). The van der Waals surface area contributed by atoms with Gasteiger partial charge in [0, 0.05) is 31.2 Å². The van der Waals surface area contributed by atoms with E-state index in [0.29, 0.717) is 13.0 Å². The van der Waals surface area contributed by atoms with E-state index in [1.807, 2.05) is 0 Å². The first-order valence-electron chi connectivity index (χ1n) is 9.94. The Kier molecular flexibility index (Phi) is 7.41. The van der Waals surface area contributed by atoms with Crippen molar-refractivity contribution in [2.75, 3.05) is 20.3 Å². The lowest BCUT2D eigenvalue weighted by molar-refractivity contribution is -0.153. The van der Waals surface area contributed by atoms with E-state index in [1.54, 1.807) is 19.1 Å². The molecule has 9 heteroatoms. The first kappa shape index (κ1) is 22.5. The quantitative estimate of drug-likeness (QED) is 0.698. The Bertz CT molecular complexity index is 921. The van der Waals surface area contributed by atoms with Crippen molar-refractivity contribution in [1.29, 1.82) is 0 Å². The first-order chi connectivity index (χ1) is 14.9. The highest BCUT2D eigenvalue weighted by Gasteiger charge is 2.31. The van der Waals surface area contributed by atoms with Gasteiger partial charge in [0.15, 0.2) is 17.2 Å². The molecule has 1 aromatic heterocycles. The van der Waals surface area contributed by atoms with Gasteiger partial charge in [-0.25, -0.2) is 14.2 Å². The smallest absolute Gasteiger partial charge is 0.329 e. The molecular weight excluding hydrogens is 407 g/mol. The Morgan fingerprint density at radius 1 is 1.32 bits per heavy atom. The van der Waals surface area contributed by atoms with Gasteiger partial charge < -0.3 is 24.6 Å². The number of aromatic hydroxyl groups is 1. The van der Waals surface area contributed by atoms with Gasteiger partial charge in [-0.05, 0) is 31.0 Å². The number of halogens is 1. The Labute approximate surface area is 179 Å². The Balaban J connectivity index is 1.67. The van der Waals surface area contributed by atoms with Gasteiger partial charge in [-0.2, -0.15) is 0 Å². The maximum absolute atomic E-state index is 13.1. The monoisotopic (exact) mass is 432 g/mol. The molecule has 2 aromatic rings. The molecule has 8 nitrogen and oxygen atoms in total. The minimum atomic E-state index is -0.966. The van der Waals surface area contributed by atoms with Crippen molar-refractivity contribution < 1.29 is 33.3 Å². The SMILES string of the molecule is COc1ccnc(C(=O)N[C@H]2CCOC[C@@H](Cc3ccc(F)cc3)[C@H](C)OC2=O)c1O. The lowest BCUT2D eigenvalue weighted by Gasteiger charge is -2.24. The van der Waals surface area contributed by atoms with Gasteiger partial charge in [-0.15, -0.1) is 0 Å². The molecular formula is C22H25FN2O6. The molecule has 2 N–H and O–H groups in total. The van der Waals surface area contributed by atoms with E-state index in [0.717, 1.165) is 5.56 Å². The number of carbonyl (C=O) groups excluding carboxylic acids is 2. The standard InChI is InChI=1S/C22H25FN2O6/c1-13-15(11-14-3-5-16(23)6-4-14)12-30-10-8-17(22(28)31-13)25-21(27)19-20(26)18(29-2)7-9-24-19/h3-7,9,13,15,17,26H,8,10-12H2,1-2H3,(H,25,27)/t13-,15+,17-/m0/s1. The zero-order valence-electron chi connectivity index (χ0n) is 17.3. The van der Waals surface area contributed by atoms with Crippen LogP contribution in [0, 0.1) is 11.7 Å². The van der Waals surface area contributed by atoms with Crippen molar-refractivity contribution in [3.05, 3.63) is 53.6 Å². The lowest BCUT2D eigenvalue weighted by Crippen LogP contribution is -2.43. The number of nitrogens with zero attached hydrogens (tertiary/aromatic N) is 1. The Morgan fingerprint density at radius 2 is 2.06 bits per heavy atom. The molecule has 1 aliphatic heterocycles. The highest BCUT2D eigenvalue weighted by molar-refractivity contribution is 5.97. The summed E-state index contributed by atoms with van der Waals surface area (Å²) >= 11 is 0. The zero-order valence-corrected chi connectivity index (χ0v) is 17.3. The molecule has 2 heterocycles. The number of benzene rings is 1. The summed E-state index contributed by atoms with van der Waals surface area (Å²) in [5.41, 5.74) is 0.650. The molecule has 0 bridgehead atoms. The van der Waals surface area contributed by atoms with Crippen LogP contribution < -0.4 is 10.1 Å². The number of hydrogen-bond acceptors (Lipinski definition) is 7.